The lowest BCUT2D eigenvalue weighted by Crippen LogP contribution is -2.59. The van der Waals surface area contributed by atoms with Crippen LogP contribution < -0.4 is 9.80 Å². The smallest absolute Gasteiger partial charge is 0.151 e. The van der Waals surface area contributed by atoms with Gasteiger partial charge in [0.25, 0.3) is 0 Å². The van der Waals surface area contributed by atoms with Gasteiger partial charge in [0.05, 0.1) is 17.4 Å². The number of fused-ring (bicyclic) bond motifs is 1. The average molecular weight is 338 g/mol. The minimum atomic E-state index is 0.0372. The Morgan fingerprint density at radius 2 is 1.84 bits per heavy atom. The molecule has 132 valence electrons. The standard InChI is InChI=1S/C19H26N6/c1-19(2,3)16-8-9-17(22-21-16)25-11-14(12-25)24(4)18-10-13-6-5-7-15(13)20-23-18/h8-10,14H,5-7,11-12H2,1-4H3. The van der Waals surface area contributed by atoms with Crippen LogP contribution in [-0.4, -0.2) is 46.6 Å². The first-order valence-electron chi connectivity index (χ1n) is 9.09. The van der Waals surface area contributed by atoms with Crippen LogP contribution in [0.2, 0.25) is 0 Å². The maximum atomic E-state index is 4.42. The van der Waals surface area contributed by atoms with Crippen LogP contribution in [0.4, 0.5) is 11.6 Å². The van der Waals surface area contributed by atoms with E-state index in [1.54, 1.807) is 0 Å². The summed E-state index contributed by atoms with van der Waals surface area (Å²) in [5, 5.41) is 17.6. The molecule has 2 aromatic heterocycles. The first-order valence-corrected chi connectivity index (χ1v) is 9.09. The van der Waals surface area contributed by atoms with Gasteiger partial charge in [0.15, 0.2) is 11.6 Å². The van der Waals surface area contributed by atoms with Gasteiger partial charge in [0.2, 0.25) is 0 Å². The van der Waals surface area contributed by atoms with E-state index in [0.717, 1.165) is 43.3 Å². The summed E-state index contributed by atoms with van der Waals surface area (Å²) in [5.41, 5.74) is 3.62. The lowest BCUT2D eigenvalue weighted by Gasteiger charge is -2.44. The number of nitrogens with zero attached hydrogens (tertiary/aromatic N) is 6. The summed E-state index contributed by atoms with van der Waals surface area (Å²) < 4.78 is 0. The van der Waals surface area contributed by atoms with Gasteiger partial charge in [0.1, 0.15) is 0 Å². The van der Waals surface area contributed by atoms with Crippen LogP contribution in [-0.2, 0) is 18.3 Å². The minimum absolute atomic E-state index is 0.0372. The van der Waals surface area contributed by atoms with Gasteiger partial charge in [-0.3, -0.25) is 0 Å². The van der Waals surface area contributed by atoms with Gasteiger partial charge in [0, 0.05) is 25.6 Å². The van der Waals surface area contributed by atoms with Crippen LogP contribution in [0.1, 0.15) is 44.1 Å². The second kappa shape index (κ2) is 5.93. The molecule has 6 nitrogen and oxygen atoms in total. The van der Waals surface area contributed by atoms with Crippen molar-refractivity contribution < 1.29 is 0 Å². The van der Waals surface area contributed by atoms with E-state index in [4.69, 9.17) is 0 Å². The summed E-state index contributed by atoms with van der Waals surface area (Å²) in [4.78, 5) is 4.51. The fourth-order valence-corrected chi connectivity index (χ4v) is 3.46. The number of likely N-dealkylation sites (N-methyl/N-ethyl adjacent to an activating group) is 1. The second-order valence-corrected chi connectivity index (χ2v) is 8.22. The molecule has 0 spiro atoms. The third-order valence-corrected chi connectivity index (χ3v) is 5.32. The van der Waals surface area contributed by atoms with Crippen LogP contribution in [0.3, 0.4) is 0 Å². The van der Waals surface area contributed by atoms with Gasteiger partial charge < -0.3 is 9.80 Å². The molecule has 1 fully saturated rings. The number of aryl methyl sites for hydroxylation is 2. The lowest BCUT2D eigenvalue weighted by molar-refractivity contribution is 0.484. The largest absolute Gasteiger partial charge is 0.352 e. The van der Waals surface area contributed by atoms with E-state index in [2.05, 4.69) is 76.2 Å². The van der Waals surface area contributed by atoms with Gasteiger partial charge in [-0.25, -0.2) is 0 Å². The fourth-order valence-electron chi connectivity index (χ4n) is 3.46. The van der Waals surface area contributed by atoms with E-state index < -0.39 is 0 Å². The van der Waals surface area contributed by atoms with E-state index in [1.807, 2.05) is 0 Å². The first kappa shape index (κ1) is 16.2. The topological polar surface area (TPSA) is 58.0 Å². The molecular weight excluding hydrogens is 312 g/mol. The number of anilines is 2. The Bertz CT molecular complexity index is 758. The molecule has 0 N–H and O–H groups in total. The molecule has 0 aromatic carbocycles. The average Bonchev–Trinajstić information content (AvgIpc) is 3.00. The Hall–Kier alpha value is -2.24. The van der Waals surface area contributed by atoms with Crippen molar-refractivity contribution in [1.29, 1.82) is 0 Å². The monoisotopic (exact) mass is 338 g/mol. The van der Waals surface area contributed by atoms with Crippen molar-refractivity contribution in [3.63, 3.8) is 0 Å². The Kier molecular flexibility index (Phi) is 3.85. The number of hydrogen-bond acceptors (Lipinski definition) is 6. The number of rotatable bonds is 3. The molecule has 25 heavy (non-hydrogen) atoms. The summed E-state index contributed by atoms with van der Waals surface area (Å²) in [5.74, 6) is 1.94. The van der Waals surface area contributed by atoms with Gasteiger partial charge >= 0.3 is 0 Å². The van der Waals surface area contributed by atoms with Gasteiger partial charge in [-0.05, 0) is 43.0 Å². The molecule has 1 aliphatic heterocycles. The van der Waals surface area contributed by atoms with Crippen molar-refractivity contribution in [3.8, 4) is 0 Å². The molecule has 0 radical (unpaired) electrons. The molecule has 4 rings (SSSR count). The maximum Gasteiger partial charge on any atom is 0.151 e. The molecule has 3 heterocycles. The zero-order valence-electron chi connectivity index (χ0n) is 15.5. The molecule has 6 heteroatoms. The van der Waals surface area contributed by atoms with Gasteiger partial charge in [-0.1, -0.05) is 20.8 Å². The van der Waals surface area contributed by atoms with Crippen LogP contribution in [0, 0.1) is 0 Å². The van der Waals surface area contributed by atoms with Crippen molar-refractivity contribution in [2.24, 2.45) is 0 Å². The molecular formula is C19H26N6. The SMILES string of the molecule is CN(c1cc2c(nn1)CCC2)C1CN(c2ccc(C(C)(C)C)nn2)C1. The molecule has 0 atom stereocenters. The van der Waals surface area contributed by atoms with Crippen molar-refractivity contribution >= 4 is 11.6 Å². The van der Waals surface area contributed by atoms with Crippen LogP contribution in [0.25, 0.3) is 0 Å². The molecule has 1 aliphatic carbocycles. The van der Waals surface area contributed by atoms with Crippen molar-refractivity contribution in [2.75, 3.05) is 29.9 Å². The van der Waals surface area contributed by atoms with E-state index in [-0.39, 0.29) is 5.41 Å². The number of aromatic nitrogens is 4. The fraction of sp³-hybridized carbons (Fsp3) is 0.579. The highest BCUT2D eigenvalue weighted by atomic mass is 15.4. The Balaban J connectivity index is 1.40. The normalized spacial score (nSPS) is 17.4. The third-order valence-electron chi connectivity index (χ3n) is 5.32. The van der Waals surface area contributed by atoms with Gasteiger partial charge in [-0.15, -0.1) is 10.2 Å². The molecule has 2 aliphatic rings. The molecule has 2 aromatic rings. The Morgan fingerprint density at radius 3 is 2.52 bits per heavy atom. The van der Waals surface area contributed by atoms with Crippen LogP contribution in [0.15, 0.2) is 18.2 Å². The van der Waals surface area contributed by atoms with E-state index >= 15 is 0 Å². The van der Waals surface area contributed by atoms with Crippen LogP contribution in [0.5, 0.6) is 0 Å². The summed E-state index contributed by atoms with van der Waals surface area (Å²) >= 11 is 0. The zero-order chi connectivity index (χ0) is 17.6. The Morgan fingerprint density at radius 1 is 1.04 bits per heavy atom. The van der Waals surface area contributed by atoms with Crippen molar-refractivity contribution in [2.45, 2.75) is 51.5 Å². The minimum Gasteiger partial charge on any atom is -0.352 e. The molecule has 0 bridgehead atoms. The second-order valence-electron chi connectivity index (χ2n) is 8.22. The lowest BCUT2D eigenvalue weighted by atomic mass is 9.92. The first-order chi connectivity index (χ1) is 11.9. The predicted molar refractivity (Wildman–Crippen MR) is 99.2 cm³/mol. The Labute approximate surface area is 149 Å². The summed E-state index contributed by atoms with van der Waals surface area (Å²) in [7, 11) is 2.11. The quantitative estimate of drug-likeness (QED) is 0.856. The van der Waals surface area contributed by atoms with Crippen molar-refractivity contribution in [3.05, 3.63) is 35.2 Å². The third kappa shape index (κ3) is 3.05. The molecule has 0 unspecified atom stereocenters. The molecule has 1 saturated heterocycles. The summed E-state index contributed by atoms with van der Waals surface area (Å²) in [6, 6.07) is 6.83. The highest BCUT2D eigenvalue weighted by Crippen LogP contribution is 2.27. The highest BCUT2D eigenvalue weighted by Gasteiger charge is 2.32. The number of hydrogen-bond donors (Lipinski definition) is 0. The van der Waals surface area contributed by atoms with Crippen LogP contribution >= 0.6 is 0 Å². The maximum absolute atomic E-state index is 4.42. The molecule has 0 saturated carbocycles. The summed E-state index contributed by atoms with van der Waals surface area (Å²) in [6.07, 6.45) is 3.42. The highest BCUT2D eigenvalue weighted by molar-refractivity contribution is 5.49. The van der Waals surface area contributed by atoms with Gasteiger partial charge in [-0.2, -0.15) is 10.2 Å². The zero-order valence-corrected chi connectivity index (χ0v) is 15.5. The molecule has 0 amide bonds. The predicted octanol–water partition coefficient (Wildman–Crippen LogP) is 2.38. The summed E-state index contributed by atoms with van der Waals surface area (Å²) in [6.45, 7) is 8.35. The van der Waals surface area contributed by atoms with E-state index in [9.17, 15) is 0 Å². The van der Waals surface area contributed by atoms with E-state index in [0.29, 0.717) is 6.04 Å². The van der Waals surface area contributed by atoms with E-state index in [1.165, 1.54) is 17.7 Å². The van der Waals surface area contributed by atoms with Crippen molar-refractivity contribution in [1.82, 2.24) is 20.4 Å².